The molecule has 0 spiro atoms. The number of ether oxygens (including phenoxy) is 1. The van der Waals surface area contributed by atoms with Crippen molar-refractivity contribution in [2.24, 2.45) is 0 Å². The molecule has 0 fully saturated rings. The van der Waals surface area contributed by atoms with Crippen LogP contribution in [0, 0.1) is 0 Å². The van der Waals surface area contributed by atoms with Crippen LogP contribution in [-0.2, 0) is 11.3 Å². The van der Waals surface area contributed by atoms with E-state index in [2.05, 4.69) is 17.2 Å². The first-order chi connectivity index (χ1) is 15.9. The Labute approximate surface area is 198 Å². The van der Waals surface area contributed by atoms with Crippen LogP contribution >= 0.6 is 11.3 Å². The highest BCUT2D eigenvalue weighted by atomic mass is 32.1. The van der Waals surface area contributed by atoms with Gasteiger partial charge < -0.3 is 19.6 Å². The molecule has 0 radical (unpaired) electrons. The van der Waals surface area contributed by atoms with Gasteiger partial charge in [0, 0.05) is 36.6 Å². The third-order valence-electron chi connectivity index (χ3n) is 5.22. The summed E-state index contributed by atoms with van der Waals surface area (Å²) in [5, 5.41) is 11.9. The maximum absolute atomic E-state index is 12.4. The van der Waals surface area contributed by atoms with Gasteiger partial charge in [0.25, 0.3) is 5.91 Å². The molecule has 0 saturated carbocycles. The van der Waals surface area contributed by atoms with E-state index in [1.807, 2.05) is 36.4 Å². The molecule has 0 aliphatic heterocycles. The second-order valence-corrected chi connectivity index (χ2v) is 8.61. The largest absolute Gasteiger partial charge is 0.497 e. The molecule has 7 nitrogen and oxygen atoms in total. The molecule has 1 aromatic heterocycles. The molecule has 0 saturated heterocycles. The summed E-state index contributed by atoms with van der Waals surface area (Å²) in [6.07, 6.45) is 2.13. The molecule has 1 heterocycles. The van der Waals surface area contributed by atoms with Crippen LogP contribution in [0.5, 0.6) is 5.75 Å². The van der Waals surface area contributed by atoms with E-state index >= 15 is 0 Å². The van der Waals surface area contributed by atoms with Crippen molar-refractivity contribution in [1.29, 1.82) is 0 Å². The van der Waals surface area contributed by atoms with Gasteiger partial charge in [-0.25, -0.2) is 4.98 Å². The van der Waals surface area contributed by atoms with Crippen LogP contribution in [0.1, 0.15) is 35.7 Å². The Bertz CT molecular complexity index is 1060. The minimum absolute atomic E-state index is 0.309. The molecule has 0 aliphatic carbocycles. The second kappa shape index (κ2) is 11.5. The smallest absolute Gasteiger partial charge is 0.323 e. The van der Waals surface area contributed by atoms with E-state index in [-0.39, 0.29) is 12.5 Å². The van der Waals surface area contributed by atoms with E-state index in [0.717, 1.165) is 47.1 Å². The third kappa shape index (κ3) is 6.55. The number of carboxylic acid groups (broad SMARTS) is 1. The summed E-state index contributed by atoms with van der Waals surface area (Å²) in [6, 6.07) is 15.2. The normalized spacial score (nSPS) is 10.6. The summed E-state index contributed by atoms with van der Waals surface area (Å²) < 4.78 is 5.24. The molecular weight excluding hydrogens is 438 g/mol. The quantitative estimate of drug-likeness (QED) is 0.437. The number of unbranched alkanes of at least 4 members (excludes halogenated alkanes) is 1. The molecule has 33 heavy (non-hydrogen) atoms. The number of nitrogens with zero attached hydrogens (tertiary/aromatic N) is 3. The van der Waals surface area contributed by atoms with Gasteiger partial charge in [0.05, 0.1) is 12.8 Å². The Kier molecular flexibility index (Phi) is 8.43. The first kappa shape index (κ1) is 24.3. The first-order valence-electron chi connectivity index (χ1n) is 10.8. The zero-order valence-electron chi connectivity index (χ0n) is 19.2. The molecule has 0 atom stereocenters. The zero-order valence-corrected chi connectivity index (χ0v) is 20.0. The van der Waals surface area contributed by atoms with Gasteiger partial charge in [-0.15, -0.1) is 11.3 Å². The summed E-state index contributed by atoms with van der Waals surface area (Å²) in [6.45, 7) is 3.39. The van der Waals surface area contributed by atoms with Crippen molar-refractivity contribution in [1.82, 2.24) is 9.88 Å². The fourth-order valence-electron chi connectivity index (χ4n) is 3.36. The van der Waals surface area contributed by atoms with E-state index in [9.17, 15) is 9.59 Å². The third-order valence-corrected chi connectivity index (χ3v) is 6.12. The molecule has 3 aromatic rings. The molecule has 3 rings (SSSR count). The van der Waals surface area contributed by atoms with Crippen molar-refractivity contribution < 1.29 is 19.4 Å². The van der Waals surface area contributed by atoms with Crippen molar-refractivity contribution in [3.05, 3.63) is 65.0 Å². The molecule has 1 amide bonds. The van der Waals surface area contributed by atoms with E-state index in [4.69, 9.17) is 14.8 Å². The summed E-state index contributed by atoms with van der Waals surface area (Å²) >= 11 is 1.62. The van der Waals surface area contributed by atoms with Crippen LogP contribution in [0.4, 0.5) is 5.13 Å². The number of amides is 1. The minimum Gasteiger partial charge on any atom is -0.497 e. The molecular formula is C25H29N3O4S. The SMILES string of the molecule is CCCCN(Cc1ccc(C(=O)N(C)CC(=O)O)cc1)c1nc(-c2ccc(OC)cc2)cs1. The number of methoxy groups -OCH3 is 1. The van der Waals surface area contributed by atoms with Gasteiger partial charge in [-0.2, -0.15) is 0 Å². The number of thiazole rings is 1. The summed E-state index contributed by atoms with van der Waals surface area (Å²) in [4.78, 5) is 31.6. The maximum Gasteiger partial charge on any atom is 0.323 e. The average Bonchev–Trinajstić information content (AvgIpc) is 3.31. The number of aliphatic carboxylic acids is 1. The number of anilines is 1. The lowest BCUT2D eigenvalue weighted by Gasteiger charge is -2.22. The van der Waals surface area contributed by atoms with E-state index in [1.54, 1.807) is 30.6 Å². The number of rotatable bonds is 11. The minimum atomic E-state index is -1.04. The molecule has 8 heteroatoms. The maximum atomic E-state index is 12.4. The standard InChI is InChI=1S/C25H29N3O4S/c1-4-5-14-28(25-26-22(17-33-25)19-10-12-21(32-3)13-11-19)15-18-6-8-20(9-7-18)24(31)27(2)16-23(29)30/h6-13,17H,4-5,14-16H2,1-3H3,(H,29,30). The van der Waals surface area contributed by atoms with Gasteiger partial charge in [0.1, 0.15) is 12.3 Å². The van der Waals surface area contributed by atoms with Gasteiger partial charge in [-0.3, -0.25) is 9.59 Å². The van der Waals surface area contributed by atoms with Crippen LogP contribution in [-0.4, -0.2) is 54.1 Å². The lowest BCUT2D eigenvalue weighted by molar-refractivity contribution is -0.137. The predicted molar refractivity (Wildman–Crippen MR) is 131 cm³/mol. The van der Waals surface area contributed by atoms with Gasteiger partial charge in [-0.1, -0.05) is 25.5 Å². The molecule has 1 N–H and O–H groups in total. The van der Waals surface area contributed by atoms with Crippen molar-refractivity contribution in [3.63, 3.8) is 0 Å². The van der Waals surface area contributed by atoms with E-state index in [0.29, 0.717) is 12.1 Å². The topological polar surface area (TPSA) is 83.0 Å². The summed E-state index contributed by atoms with van der Waals surface area (Å²) in [5.74, 6) is -0.530. The molecule has 0 bridgehead atoms. The fraction of sp³-hybridized carbons (Fsp3) is 0.320. The number of carbonyl (C=O) groups is 2. The van der Waals surface area contributed by atoms with Gasteiger partial charge in [0.2, 0.25) is 0 Å². The highest BCUT2D eigenvalue weighted by molar-refractivity contribution is 7.14. The monoisotopic (exact) mass is 467 g/mol. The number of hydrogen-bond acceptors (Lipinski definition) is 6. The summed E-state index contributed by atoms with van der Waals surface area (Å²) in [7, 11) is 3.14. The van der Waals surface area contributed by atoms with Gasteiger partial charge in [-0.05, 0) is 48.4 Å². The fourth-order valence-corrected chi connectivity index (χ4v) is 4.23. The molecule has 174 valence electrons. The Morgan fingerprint density at radius 3 is 2.39 bits per heavy atom. The number of aromatic nitrogens is 1. The van der Waals surface area contributed by atoms with Crippen LogP contribution in [0.3, 0.4) is 0 Å². The average molecular weight is 468 g/mol. The number of likely N-dealkylation sites (N-methyl/N-ethyl adjacent to an activating group) is 1. The Morgan fingerprint density at radius 1 is 1.09 bits per heavy atom. The van der Waals surface area contributed by atoms with Crippen LogP contribution in [0.15, 0.2) is 53.9 Å². The van der Waals surface area contributed by atoms with Crippen LogP contribution in [0.2, 0.25) is 0 Å². The van der Waals surface area contributed by atoms with Crippen molar-refractivity contribution in [2.75, 3.05) is 32.1 Å². The lowest BCUT2D eigenvalue weighted by Crippen LogP contribution is -2.31. The molecule has 2 aromatic carbocycles. The first-order valence-corrected chi connectivity index (χ1v) is 11.7. The van der Waals surface area contributed by atoms with Crippen molar-refractivity contribution in [2.45, 2.75) is 26.3 Å². The Balaban J connectivity index is 1.74. The number of carbonyl (C=O) groups excluding carboxylic acids is 1. The Hall–Kier alpha value is -3.39. The van der Waals surface area contributed by atoms with Crippen LogP contribution < -0.4 is 9.64 Å². The number of hydrogen-bond donors (Lipinski definition) is 1. The highest BCUT2D eigenvalue weighted by Gasteiger charge is 2.16. The second-order valence-electron chi connectivity index (χ2n) is 7.77. The highest BCUT2D eigenvalue weighted by Crippen LogP contribution is 2.29. The Morgan fingerprint density at radius 2 is 1.79 bits per heavy atom. The van der Waals surface area contributed by atoms with Crippen molar-refractivity contribution in [3.8, 4) is 17.0 Å². The summed E-state index contributed by atoms with van der Waals surface area (Å²) in [5.41, 5.74) is 3.51. The number of benzene rings is 2. The predicted octanol–water partition coefficient (Wildman–Crippen LogP) is 4.78. The van der Waals surface area contributed by atoms with Gasteiger partial charge in [0.15, 0.2) is 5.13 Å². The van der Waals surface area contributed by atoms with E-state index < -0.39 is 5.97 Å². The lowest BCUT2D eigenvalue weighted by atomic mass is 10.1. The number of carboxylic acids is 1. The van der Waals surface area contributed by atoms with E-state index in [1.165, 1.54) is 11.9 Å². The molecule has 0 aliphatic rings. The van der Waals surface area contributed by atoms with Crippen LogP contribution in [0.25, 0.3) is 11.3 Å². The molecule has 0 unspecified atom stereocenters. The van der Waals surface area contributed by atoms with Gasteiger partial charge >= 0.3 is 5.97 Å². The van der Waals surface area contributed by atoms with Crippen molar-refractivity contribution >= 4 is 28.3 Å². The zero-order chi connectivity index (χ0) is 23.8.